The van der Waals surface area contributed by atoms with E-state index in [2.05, 4.69) is 24.5 Å². The zero-order valence-corrected chi connectivity index (χ0v) is 17.1. The van der Waals surface area contributed by atoms with Gasteiger partial charge in [-0.25, -0.2) is 9.59 Å². The second-order valence-electron chi connectivity index (χ2n) is 6.16. The van der Waals surface area contributed by atoms with Crippen molar-refractivity contribution in [2.75, 3.05) is 24.2 Å². The first-order chi connectivity index (χ1) is 13.7. The van der Waals surface area contributed by atoms with Crippen LogP contribution in [0.1, 0.15) is 20.3 Å². The maximum Gasteiger partial charge on any atom is 0.328 e. The monoisotopic (exact) mass is 426 g/mol. The van der Waals surface area contributed by atoms with Crippen LogP contribution in [0.4, 0.5) is 5.69 Å². The Morgan fingerprint density at radius 1 is 1.31 bits per heavy atom. The highest BCUT2D eigenvalue weighted by Crippen LogP contribution is 2.38. The molecule has 0 spiro atoms. The molecule has 2 unspecified atom stereocenters. The normalized spacial score (nSPS) is 14.8. The molecule has 0 radical (unpaired) electrons. The lowest BCUT2D eigenvalue weighted by Crippen LogP contribution is -2.36. The van der Waals surface area contributed by atoms with Gasteiger partial charge >= 0.3 is 11.9 Å². The molecule has 0 fully saturated rings. The van der Waals surface area contributed by atoms with Crippen molar-refractivity contribution in [1.82, 2.24) is 5.32 Å². The summed E-state index contributed by atoms with van der Waals surface area (Å²) in [5.41, 5.74) is 0.779. The maximum absolute atomic E-state index is 11.4. The fourth-order valence-electron chi connectivity index (χ4n) is 2.07. The molecule has 0 saturated heterocycles. The van der Waals surface area contributed by atoms with Gasteiger partial charge in [-0.3, -0.25) is 4.79 Å². The third kappa shape index (κ3) is 9.97. The van der Waals surface area contributed by atoms with Crippen LogP contribution in [0.25, 0.3) is 0 Å². The van der Waals surface area contributed by atoms with Crippen LogP contribution in [0.2, 0.25) is 0 Å². The molecule has 2 rings (SSSR count). The van der Waals surface area contributed by atoms with Crippen LogP contribution in [-0.4, -0.2) is 64.2 Å². The van der Waals surface area contributed by atoms with Crippen LogP contribution in [-0.2, 0) is 14.4 Å². The summed E-state index contributed by atoms with van der Waals surface area (Å²) in [6.07, 6.45) is 1.58. The average Bonchev–Trinajstić information content (AvgIpc) is 2.68. The van der Waals surface area contributed by atoms with Gasteiger partial charge in [0, 0.05) is 24.7 Å². The lowest BCUT2D eigenvalue weighted by atomic mass is 10.2. The number of hydrogen-bond donors (Lipinski definition) is 5. The van der Waals surface area contributed by atoms with E-state index in [0.29, 0.717) is 36.2 Å². The summed E-state index contributed by atoms with van der Waals surface area (Å²) in [4.78, 5) is 31.4. The third-order valence-electron chi connectivity index (χ3n) is 3.71. The number of thioether (sulfide) groups is 1. The van der Waals surface area contributed by atoms with Crippen molar-refractivity contribution in [3.63, 3.8) is 0 Å². The van der Waals surface area contributed by atoms with Gasteiger partial charge in [-0.1, -0.05) is 13.0 Å². The first kappa shape index (κ1) is 24.5. The molecule has 0 saturated carbocycles. The summed E-state index contributed by atoms with van der Waals surface area (Å²) in [5, 5.41) is 31.6. The lowest BCUT2D eigenvalue weighted by Gasteiger charge is -2.21. The Bertz CT molecular complexity index is 723. The average molecular weight is 426 g/mol. The summed E-state index contributed by atoms with van der Waals surface area (Å²) in [5.74, 6) is -1.41. The standard InChI is InChI=1S/C15H22N2O3S.C4H4O4/c1-3-10(2)16-7-11(18)8-20-13-6-4-5-12-15(13)21-9-14(19)17-12;5-3(6)1-2-4(7)8/h4-6,10-11,16,18H,3,7-9H2,1-2H3,(H,17,19);1-2H,(H,5,6)(H,7,8)/b;2-1+. The van der Waals surface area contributed by atoms with Crippen molar-refractivity contribution in [2.24, 2.45) is 0 Å². The fourth-order valence-corrected chi connectivity index (χ4v) is 2.96. The maximum atomic E-state index is 11.4. The Balaban J connectivity index is 0.000000447. The molecule has 1 aromatic rings. The molecular formula is C19H26N2O7S. The number of carbonyl (C=O) groups is 3. The van der Waals surface area contributed by atoms with E-state index in [0.717, 1.165) is 17.0 Å². The molecule has 1 aromatic carbocycles. The van der Waals surface area contributed by atoms with Crippen molar-refractivity contribution < 1.29 is 34.4 Å². The Morgan fingerprint density at radius 2 is 1.97 bits per heavy atom. The van der Waals surface area contributed by atoms with E-state index in [9.17, 15) is 19.5 Å². The number of carbonyl (C=O) groups excluding carboxylic acids is 1. The van der Waals surface area contributed by atoms with E-state index in [-0.39, 0.29) is 12.5 Å². The molecule has 5 N–H and O–H groups in total. The molecule has 10 heteroatoms. The van der Waals surface area contributed by atoms with E-state index in [1.54, 1.807) is 0 Å². The van der Waals surface area contributed by atoms with Crippen LogP contribution in [0.3, 0.4) is 0 Å². The molecule has 29 heavy (non-hydrogen) atoms. The van der Waals surface area contributed by atoms with E-state index in [1.165, 1.54) is 11.8 Å². The van der Waals surface area contributed by atoms with E-state index in [1.807, 2.05) is 18.2 Å². The molecule has 0 aliphatic carbocycles. The number of rotatable bonds is 9. The predicted octanol–water partition coefficient (Wildman–Crippen LogP) is 1.57. The molecule has 1 aliphatic heterocycles. The second kappa shape index (κ2) is 12.8. The Hall–Kier alpha value is -2.56. The third-order valence-corrected chi connectivity index (χ3v) is 4.83. The highest BCUT2D eigenvalue weighted by molar-refractivity contribution is 8.00. The minimum absolute atomic E-state index is 0.00226. The number of carboxylic acid groups (broad SMARTS) is 2. The first-order valence-corrected chi connectivity index (χ1v) is 9.95. The van der Waals surface area contributed by atoms with Crippen LogP contribution < -0.4 is 15.4 Å². The molecule has 160 valence electrons. The second-order valence-corrected chi connectivity index (χ2v) is 7.15. The van der Waals surface area contributed by atoms with E-state index >= 15 is 0 Å². The van der Waals surface area contributed by atoms with Gasteiger partial charge in [-0.2, -0.15) is 0 Å². The van der Waals surface area contributed by atoms with Crippen LogP contribution in [0.5, 0.6) is 5.75 Å². The van der Waals surface area contributed by atoms with Gasteiger partial charge in [-0.15, -0.1) is 11.8 Å². The minimum Gasteiger partial charge on any atom is -0.490 e. The Kier molecular flexibility index (Phi) is 10.8. The molecule has 0 aromatic heterocycles. The number of benzene rings is 1. The Labute approximate surface area is 173 Å². The van der Waals surface area contributed by atoms with Crippen molar-refractivity contribution in [2.45, 2.75) is 37.3 Å². The predicted molar refractivity (Wildman–Crippen MR) is 109 cm³/mol. The zero-order valence-electron chi connectivity index (χ0n) is 16.3. The van der Waals surface area contributed by atoms with Crippen molar-refractivity contribution >= 4 is 35.3 Å². The SMILES string of the molecule is CCC(C)NCC(O)COc1cccc2c1SCC(=O)N2.O=C(O)/C=C/C(=O)O. The largest absolute Gasteiger partial charge is 0.490 e. The smallest absolute Gasteiger partial charge is 0.328 e. The number of aliphatic carboxylic acids is 2. The highest BCUT2D eigenvalue weighted by atomic mass is 32.2. The summed E-state index contributed by atoms with van der Waals surface area (Å²) >= 11 is 1.46. The topological polar surface area (TPSA) is 145 Å². The van der Waals surface area contributed by atoms with Gasteiger partial charge in [-0.05, 0) is 25.5 Å². The van der Waals surface area contributed by atoms with Crippen LogP contribution in [0, 0.1) is 0 Å². The van der Waals surface area contributed by atoms with Gasteiger partial charge in [0.15, 0.2) is 0 Å². The van der Waals surface area contributed by atoms with Crippen LogP contribution >= 0.6 is 11.8 Å². The van der Waals surface area contributed by atoms with Crippen molar-refractivity contribution in [3.8, 4) is 5.75 Å². The minimum atomic E-state index is -1.26. The number of hydrogen-bond acceptors (Lipinski definition) is 7. The van der Waals surface area contributed by atoms with E-state index < -0.39 is 18.0 Å². The van der Waals surface area contributed by atoms with Gasteiger partial charge in [0.2, 0.25) is 5.91 Å². The number of carboxylic acids is 2. The fraction of sp³-hybridized carbons (Fsp3) is 0.421. The number of ether oxygens (including phenoxy) is 1. The number of fused-ring (bicyclic) bond motifs is 1. The number of amides is 1. The molecule has 1 heterocycles. The number of aliphatic hydroxyl groups excluding tert-OH is 1. The van der Waals surface area contributed by atoms with Gasteiger partial charge in [0.1, 0.15) is 18.5 Å². The molecule has 1 amide bonds. The number of aliphatic hydroxyl groups is 1. The molecular weight excluding hydrogens is 400 g/mol. The zero-order chi connectivity index (χ0) is 21.8. The summed E-state index contributed by atoms with van der Waals surface area (Å²) in [6.45, 7) is 4.92. The van der Waals surface area contributed by atoms with Gasteiger partial charge in [0.05, 0.1) is 16.3 Å². The van der Waals surface area contributed by atoms with Crippen molar-refractivity contribution in [1.29, 1.82) is 0 Å². The summed E-state index contributed by atoms with van der Waals surface area (Å²) in [6, 6.07) is 5.94. The number of anilines is 1. The first-order valence-electron chi connectivity index (χ1n) is 8.96. The molecule has 0 bridgehead atoms. The summed E-state index contributed by atoms with van der Waals surface area (Å²) in [7, 11) is 0. The van der Waals surface area contributed by atoms with E-state index in [4.69, 9.17) is 14.9 Å². The quantitative estimate of drug-likeness (QED) is 0.371. The molecule has 1 aliphatic rings. The highest BCUT2D eigenvalue weighted by Gasteiger charge is 2.19. The van der Waals surface area contributed by atoms with Gasteiger partial charge < -0.3 is 30.7 Å². The van der Waals surface area contributed by atoms with Crippen molar-refractivity contribution in [3.05, 3.63) is 30.4 Å². The Morgan fingerprint density at radius 3 is 2.55 bits per heavy atom. The summed E-state index contributed by atoms with van der Waals surface area (Å²) < 4.78 is 5.71. The van der Waals surface area contributed by atoms with Crippen LogP contribution in [0.15, 0.2) is 35.2 Å². The lowest BCUT2D eigenvalue weighted by molar-refractivity contribution is -0.134. The van der Waals surface area contributed by atoms with Gasteiger partial charge in [0.25, 0.3) is 0 Å². The molecule has 9 nitrogen and oxygen atoms in total. The number of nitrogens with one attached hydrogen (secondary N) is 2. The molecule has 2 atom stereocenters.